The molecule has 1 saturated heterocycles. The molecule has 1 atom stereocenters. The number of Topliss-reactive ketones (excluding diaryl/α,β-unsaturated/α-hetero) is 1. The summed E-state index contributed by atoms with van der Waals surface area (Å²) < 4.78 is 32.6. The van der Waals surface area contributed by atoms with Crippen LogP contribution in [0.2, 0.25) is 0 Å². The Hall–Kier alpha value is -4.44. The van der Waals surface area contributed by atoms with Gasteiger partial charge in [-0.15, -0.1) is 0 Å². The molecule has 1 aromatic heterocycles. The molecule has 3 aromatic carbocycles. The second kappa shape index (κ2) is 9.46. The van der Waals surface area contributed by atoms with Crippen LogP contribution >= 0.6 is 11.3 Å². The van der Waals surface area contributed by atoms with Crippen molar-refractivity contribution in [2.24, 2.45) is 0 Å². The summed E-state index contributed by atoms with van der Waals surface area (Å²) in [5.74, 6) is -1.40. The normalized spacial score (nSPS) is 18.3. The zero-order valence-corrected chi connectivity index (χ0v) is 21.0. The summed E-state index contributed by atoms with van der Waals surface area (Å²) in [5.41, 5.74) is 0.639. The molecule has 0 radical (unpaired) electrons. The van der Waals surface area contributed by atoms with Crippen LogP contribution in [0.15, 0.2) is 66.2 Å². The number of benzene rings is 3. The lowest BCUT2D eigenvalue weighted by Gasteiger charge is -2.23. The maximum Gasteiger partial charge on any atom is 0.301 e. The van der Waals surface area contributed by atoms with Crippen molar-refractivity contribution in [1.82, 2.24) is 4.98 Å². The van der Waals surface area contributed by atoms with E-state index in [2.05, 4.69) is 4.98 Å². The topological polar surface area (TPSA) is 98.2 Å². The van der Waals surface area contributed by atoms with E-state index in [0.717, 1.165) is 9.60 Å². The Labute approximate surface area is 220 Å². The molecule has 2 aliphatic heterocycles. The number of carbonyl (C=O) groups excluding carboxylic acids is 2. The molecule has 0 saturated carbocycles. The summed E-state index contributed by atoms with van der Waals surface area (Å²) in [6, 6.07) is 14.6. The highest BCUT2D eigenvalue weighted by Crippen LogP contribution is 2.45. The van der Waals surface area contributed by atoms with E-state index in [-0.39, 0.29) is 21.8 Å². The average molecular weight is 533 g/mol. The van der Waals surface area contributed by atoms with E-state index in [4.69, 9.17) is 14.2 Å². The molecule has 0 spiro atoms. The van der Waals surface area contributed by atoms with Crippen molar-refractivity contribution in [2.45, 2.75) is 13.0 Å². The van der Waals surface area contributed by atoms with Gasteiger partial charge in [0.15, 0.2) is 16.6 Å². The van der Waals surface area contributed by atoms with Crippen LogP contribution in [0, 0.1) is 5.82 Å². The first-order valence-corrected chi connectivity index (χ1v) is 12.8. The molecule has 1 N–H and O–H groups in total. The first-order chi connectivity index (χ1) is 18.5. The minimum absolute atomic E-state index is 0.0556. The Morgan fingerprint density at radius 1 is 1.11 bits per heavy atom. The molecule has 0 unspecified atom stereocenters. The second-order valence-electron chi connectivity index (χ2n) is 8.61. The van der Waals surface area contributed by atoms with Crippen molar-refractivity contribution in [1.29, 1.82) is 0 Å². The molecule has 38 heavy (non-hydrogen) atoms. The van der Waals surface area contributed by atoms with Crippen molar-refractivity contribution in [3.05, 3.63) is 83.2 Å². The lowest BCUT2D eigenvalue weighted by molar-refractivity contribution is -0.132. The van der Waals surface area contributed by atoms with Gasteiger partial charge in [0.2, 0.25) is 0 Å². The standard InChI is InChI=1S/C28H21FN2O6S/c1-2-35-16-8-9-19-22(14-16)38-28(30-19)31-24(17-5-3-4-6-18(17)29)23(26(33)27(31)34)25(32)15-7-10-20-21(13-15)37-12-11-36-20/h3-10,13-14,24,32H,2,11-12H2,1H3/t24-/m1/s1. The molecule has 0 bridgehead atoms. The summed E-state index contributed by atoms with van der Waals surface area (Å²) in [4.78, 5) is 32.6. The number of aliphatic hydroxyl groups is 1. The van der Waals surface area contributed by atoms with Gasteiger partial charge in [0.1, 0.15) is 36.6 Å². The largest absolute Gasteiger partial charge is 0.507 e. The molecule has 1 fully saturated rings. The molecule has 8 nitrogen and oxygen atoms in total. The highest BCUT2D eigenvalue weighted by molar-refractivity contribution is 7.22. The van der Waals surface area contributed by atoms with E-state index in [9.17, 15) is 14.7 Å². The number of fused-ring (bicyclic) bond motifs is 2. The van der Waals surface area contributed by atoms with Crippen LogP contribution < -0.4 is 19.1 Å². The van der Waals surface area contributed by atoms with E-state index in [1.165, 1.54) is 35.6 Å². The van der Waals surface area contributed by atoms with Gasteiger partial charge in [-0.1, -0.05) is 29.5 Å². The van der Waals surface area contributed by atoms with Crippen LogP contribution in [0.1, 0.15) is 24.1 Å². The van der Waals surface area contributed by atoms with Gasteiger partial charge in [-0.2, -0.15) is 0 Å². The number of aliphatic hydroxyl groups excluding tert-OH is 1. The molecule has 2 aliphatic rings. The van der Waals surface area contributed by atoms with E-state index < -0.39 is 29.3 Å². The van der Waals surface area contributed by atoms with Crippen LogP contribution in [0.5, 0.6) is 17.2 Å². The van der Waals surface area contributed by atoms with Gasteiger partial charge in [-0.3, -0.25) is 14.5 Å². The fraction of sp³-hybridized carbons (Fsp3) is 0.179. The number of aromatic nitrogens is 1. The molecular weight excluding hydrogens is 511 g/mol. The third-order valence-corrected chi connectivity index (χ3v) is 7.34. The van der Waals surface area contributed by atoms with Crippen LogP contribution in [0.3, 0.4) is 0 Å². The lowest BCUT2D eigenvalue weighted by atomic mass is 9.95. The van der Waals surface area contributed by atoms with Crippen LogP contribution in [0.25, 0.3) is 16.0 Å². The van der Waals surface area contributed by atoms with Crippen molar-refractivity contribution in [2.75, 3.05) is 24.7 Å². The first kappa shape index (κ1) is 23.9. The number of anilines is 1. The molecule has 0 aliphatic carbocycles. The average Bonchev–Trinajstić information content (AvgIpc) is 3.46. The third-order valence-electron chi connectivity index (χ3n) is 6.33. The Balaban J connectivity index is 1.52. The van der Waals surface area contributed by atoms with E-state index in [1.807, 2.05) is 6.92 Å². The first-order valence-electron chi connectivity index (χ1n) is 11.9. The predicted octanol–water partition coefficient (Wildman–Crippen LogP) is 5.23. The molecule has 6 rings (SSSR count). The van der Waals surface area contributed by atoms with Crippen LogP contribution in [-0.4, -0.2) is 41.6 Å². The molecule has 4 aromatic rings. The van der Waals surface area contributed by atoms with Crippen molar-refractivity contribution >= 4 is 44.1 Å². The van der Waals surface area contributed by atoms with Crippen LogP contribution in [-0.2, 0) is 9.59 Å². The summed E-state index contributed by atoms with van der Waals surface area (Å²) in [7, 11) is 0. The van der Waals surface area contributed by atoms with Crippen molar-refractivity contribution in [3.8, 4) is 17.2 Å². The van der Waals surface area contributed by atoms with E-state index in [0.29, 0.717) is 42.6 Å². The summed E-state index contributed by atoms with van der Waals surface area (Å²) in [5, 5.41) is 11.6. The zero-order chi connectivity index (χ0) is 26.4. The van der Waals surface area contributed by atoms with Gasteiger partial charge >= 0.3 is 5.91 Å². The van der Waals surface area contributed by atoms with Gasteiger partial charge in [-0.25, -0.2) is 9.37 Å². The summed E-state index contributed by atoms with van der Waals surface area (Å²) in [6.45, 7) is 3.08. The minimum Gasteiger partial charge on any atom is -0.507 e. The maximum atomic E-state index is 15.2. The molecule has 3 heterocycles. The molecular formula is C28H21FN2O6S. The summed E-state index contributed by atoms with van der Waals surface area (Å²) >= 11 is 1.17. The molecule has 1 amide bonds. The second-order valence-corrected chi connectivity index (χ2v) is 9.62. The van der Waals surface area contributed by atoms with Gasteiger partial charge in [0.25, 0.3) is 5.78 Å². The van der Waals surface area contributed by atoms with Crippen molar-refractivity contribution in [3.63, 3.8) is 0 Å². The smallest absolute Gasteiger partial charge is 0.301 e. The van der Waals surface area contributed by atoms with Gasteiger partial charge in [-0.05, 0) is 49.4 Å². The predicted molar refractivity (Wildman–Crippen MR) is 139 cm³/mol. The van der Waals surface area contributed by atoms with E-state index >= 15 is 4.39 Å². The molecule has 10 heteroatoms. The van der Waals surface area contributed by atoms with Gasteiger partial charge in [0, 0.05) is 11.1 Å². The van der Waals surface area contributed by atoms with Crippen molar-refractivity contribution < 1.29 is 33.3 Å². The number of ether oxygens (including phenoxy) is 3. The number of amides is 1. The number of thiazole rings is 1. The minimum atomic E-state index is -1.24. The molecule has 192 valence electrons. The number of hydrogen-bond donors (Lipinski definition) is 1. The monoisotopic (exact) mass is 532 g/mol. The van der Waals surface area contributed by atoms with E-state index in [1.54, 1.807) is 36.4 Å². The number of carbonyl (C=O) groups is 2. The maximum absolute atomic E-state index is 15.2. The quantitative estimate of drug-likeness (QED) is 0.213. The fourth-order valence-corrected chi connectivity index (χ4v) is 5.64. The number of nitrogens with zero attached hydrogens (tertiary/aromatic N) is 2. The number of ketones is 1. The number of halogens is 1. The van der Waals surface area contributed by atoms with Gasteiger partial charge < -0.3 is 19.3 Å². The summed E-state index contributed by atoms with van der Waals surface area (Å²) in [6.07, 6.45) is 0. The highest BCUT2D eigenvalue weighted by atomic mass is 32.1. The number of rotatable bonds is 5. The lowest BCUT2D eigenvalue weighted by Crippen LogP contribution is -2.29. The van der Waals surface area contributed by atoms with Crippen LogP contribution in [0.4, 0.5) is 9.52 Å². The highest BCUT2D eigenvalue weighted by Gasteiger charge is 2.49. The Bertz CT molecular complexity index is 1630. The Kier molecular flexibility index (Phi) is 5.96. The Morgan fingerprint density at radius 2 is 1.89 bits per heavy atom. The fourth-order valence-electron chi connectivity index (χ4n) is 4.62. The van der Waals surface area contributed by atoms with Gasteiger partial charge in [0.05, 0.1) is 22.4 Å². The number of hydrogen-bond acceptors (Lipinski definition) is 8. The zero-order valence-electron chi connectivity index (χ0n) is 20.1. The third kappa shape index (κ3) is 3.93. The Morgan fingerprint density at radius 3 is 2.68 bits per heavy atom. The SMILES string of the molecule is CCOc1ccc2nc(N3C(=O)C(=O)C(=C(O)c4ccc5c(c4)OCCO5)[C@H]3c3ccccc3F)sc2c1.